The minimum atomic E-state index is 0.772. The molecule has 0 saturated carbocycles. The lowest BCUT2D eigenvalue weighted by Gasteiger charge is -2.35. The Morgan fingerprint density at radius 2 is 1.85 bits per heavy atom. The summed E-state index contributed by atoms with van der Waals surface area (Å²) in [7, 11) is 2.10. The van der Waals surface area contributed by atoms with E-state index < -0.39 is 0 Å². The fourth-order valence-corrected chi connectivity index (χ4v) is 3.56. The van der Waals surface area contributed by atoms with Gasteiger partial charge in [0.1, 0.15) is 18.0 Å². The van der Waals surface area contributed by atoms with E-state index in [1.807, 2.05) is 18.2 Å². The number of aryl methyl sites for hydroxylation is 1. The number of piperazine rings is 1. The van der Waals surface area contributed by atoms with E-state index in [9.17, 15) is 0 Å². The molecule has 4 aromatic rings. The summed E-state index contributed by atoms with van der Waals surface area (Å²) in [6.45, 7) is 4.75. The second kappa shape index (κ2) is 6.06. The topological polar surface area (TPSA) is 67.4 Å². The number of imidazole rings is 1. The fraction of sp³-hybridized carbons (Fsp3) is 0.333. The van der Waals surface area contributed by atoms with Crippen molar-refractivity contribution in [2.75, 3.05) is 31.1 Å². The summed E-state index contributed by atoms with van der Waals surface area (Å²) in [5.41, 5.74) is 3.02. The van der Waals surface area contributed by atoms with E-state index >= 15 is 0 Å². The molecule has 0 amide bonds. The van der Waals surface area contributed by atoms with E-state index in [-0.39, 0.29) is 0 Å². The molecule has 8 heteroatoms. The van der Waals surface area contributed by atoms with Crippen molar-refractivity contribution < 1.29 is 0 Å². The van der Waals surface area contributed by atoms with Gasteiger partial charge in [0.05, 0.1) is 17.6 Å². The maximum absolute atomic E-state index is 4.79. The number of fused-ring (bicyclic) bond motifs is 2. The van der Waals surface area contributed by atoms with Crippen molar-refractivity contribution in [3.05, 3.63) is 48.5 Å². The third-order valence-corrected chi connectivity index (χ3v) is 5.09. The van der Waals surface area contributed by atoms with E-state index in [1.54, 1.807) is 10.8 Å². The zero-order valence-corrected chi connectivity index (χ0v) is 14.7. The van der Waals surface area contributed by atoms with Gasteiger partial charge >= 0.3 is 0 Å². The summed E-state index contributed by atoms with van der Waals surface area (Å²) >= 11 is 0. The first kappa shape index (κ1) is 15.3. The highest BCUT2D eigenvalue weighted by Gasteiger charge is 2.20. The molecule has 8 nitrogen and oxygen atoms in total. The van der Waals surface area contributed by atoms with Crippen molar-refractivity contribution in [3.8, 4) is 0 Å². The maximum Gasteiger partial charge on any atom is 0.177 e. The van der Waals surface area contributed by atoms with Crippen LogP contribution in [-0.4, -0.2) is 60.4 Å². The van der Waals surface area contributed by atoms with Crippen LogP contribution in [-0.2, 0) is 13.6 Å². The molecular formula is C18H20N8. The van der Waals surface area contributed by atoms with E-state index in [2.05, 4.69) is 54.9 Å². The molecular weight excluding hydrogens is 328 g/mol. The van der Waals surface area contributed by atoms with Gasteiger partial charge in [-0.1, -0.05) is 12.1 Å². The van der Waals surface area contributed by atoms with E-state index in [4.69, 9.17) is 4.98 Å². The van der Waals surface area contributed by atoms with Crippen molar-refractivity contribution in [3.63, 3.8) is 0 Å². The monoisotopic (exact) mass is 348 g/mol. The predicted molar refractivity (Wildman–Crippen MR) is 99.0 cm³/mol. The summed E-state index contributed by atoms with van der Waals surface area (Å²) in [4.78, 5) is 9.55. The molecule has 0 bridgehead atoms. The van der Waals surface area contributed by atoms with Crippen molar-refractivity contribution in [1.82, 2.24) is 34.3 Å². The second-order valence-electron chi connectivity index (χ2n) is 6.66. The second-order valence-corrected chi connectivity index (χ2v) is 6.66. The number of benzene rings is 1. The van der Waals surface area contributed by atoms with E-state index in [0.29, 0.717) is 0 Å². The highest BCUT2D eigenvalue weighted by molar-refractivity contribution is 5.75. The Morgan fingerprint density at radius 3 is 2.69 bits per heavy atom. The van der Waals surface area contributed by atoms with Crippen LogP contribution in [0, 0.1) is 0 Å². The molecule has 5 rings (SSSR count). The van der Waals surface area contributed by atoms with Gasteiger partial charge in [-0.2, -0.15) is 4.52 Å². The lowest BCUT2D eigenvalue weighted by atomic mass is 10.3. The summed E-state index contributed by atoms with van der Waals surface area (Å²) in [5.74, 6) is 2.09. The summed E-state index contributed by atoms with van der Waals surface area (Å²) in [6, 6.07) is 12.3. The third kappa shape index (κ3) is 2.59. The van der Waals surface area contributed by atoms with Crippen LogP contribution >= 0.6 is 0 Å². The number of hydrogen-bond acceptors (Lipinski definition) is 6. The number of aromatic nitrogens is 6. The SMILES string of the molecule is Cn1c(CN2CCN(c3ccc4nncn4n3)CC2)nc2ccccc21. The lowest BCUT2D eigenvalue weighted by molar-refractivity contribution is 0.241. The highest BCUT2D eigenvalue weighted by atomic mass is 15.4. The average molecular weight is 348 g/mol. The van der Waals surface area contributed by atoms with Gasteiger partial charge in [0.15, 0.2) is 5.65 Å². The summed E-state index contributed by atoms with van der Waals surface area (Å²) in [5, 5.41) is 12.5. The third-order valence-electron chi connectivity index (χ3n) is 5.09. The normalized spacial score (nSPS) is 16.0. The zero-order valence-electron chi connectivity index (χ0n) is 14.7. The van der Waals surface area contributed by atoms with Crippen LogP contribution in [0.25, 0.3) is 16.7 Å². The van der Waals surface area contributed by atoms with Gasteiger partial charge in [-0.05, 0) is 24.3 Å². The molecule has 132 valence electrons. The average Bonchev–Trinajstić information content (AvgIpc) is 3.27. The smallest absolute Gasteiger partial charge is 0.177 e. The molecule has 0 radical (unpaired) electrons. The van der Waals surface area contributed by atoms with Gasteiger partial charge in [-0.15, -0.1) is 15.3 Å². The Balaban J connectivity index is 1.28. The number of rotatable bonds is 3. The molecule has 1 aliphatic heterocycles. The van der Waals surface area contributed by atoms with Gasteiger partial charge in [0.25, 0.3) is 0 Å². The maximum atomic E-state index is 4.79. The quantitative estimate of drug-likeness (QED) is 0.556. The molecule has 1 saturated heterocycles. The van der Waals surface area contributed by atoms with Crippen LogP contribution < -0.4 is 4.90 Å². The van der Waals surface area contributed by atoms with Gasteiger partial charge < -0.3 is 9.47 Å². The largest absolute Gasteiger partial charge is 0.353 e. The Labute approximate surface area is 150 Å². The van der Waals surface area contributed by atoms with Gasteiger partial charge in [-0.3, -0.25) is 4.90 Å². The molecule has 0 N–H and O–H groups in total. The minimum absolute atomic E-state index is 0.772. The van der Waals surface area contributed by atoms with Crippen LogP contribution in [0.4, 0.5) is 5.82 Å². The van der Waals surface area contributed by atoms with Crippen molar-refractivity contribution in [2.24, 2.45) is 7.05 Å². The van der Waals surface area contributed by atoms with Crippen LogP contribution in [0.5, 0.6) is 0 Å². The Hall–Kier alpha value is -3.00. The van der Waals surface area contributed by atoms with Crippen LogP contribution in [0.2, 0.25) is 0 Å². The van der Waals surface area contributed by atoms with Crippen LogP contribution in [0.15, 0.2) is 42.7 Å². The summed E-state index contributed by atoms with van der Waals surface area (Å²) in [6.07, 6.45) is 1.64. The molecule has 26 heavy (non-hydrogen) atoms. The van der Waals surface area contributed by atoms with Gasteiger partial charge in [-0.25, -0.2) is 4.98 Å². The zero-order chi connectivity index (χ0) is 17.5. The molecule has 1 aromatic carbocycles. The van der Waals surface area contributed by atoms with E-state index in [1.165, 1.54) is 5.52 Å². The predicted octanol–water partition coefficient (Wildman–Crippen LogP) is 1.33. The number of anilines is 1. The van der Waals surface area contributed by atoms with Crippen molar-refractivity contribution in [2.45, 2.75) is 6.54 Å². The lowest BCUT2D eigenvalue weighted by Crippen LogP contribution is -2.46. The van der Waals surface area contributed by atoms with Gasteiger partial charge in [0.2, 0.25) is 0 Å². The number of nitrogens with zero attached hydrogens (tertiary/aromatic N) is 8. The molecule has 0 atom stereocenters. The molecule has 0 aliphatic carbocycles. The first-order chi connectivity index (χ1) is 12.8. The Kier molecular flexibility index (Phi) is 3.56. The first-order valence-corrected chi connectivity index (χ1v) is 8.83. The van der Waals surface area contributed by atoms with Crippen molar-refractivity contribution >= 4 is 22.5 Å². The fourth-order valence-electron chi connectivity index (χ4n) is 3.56. The molecule has 0 unspecified atom stereocenters. The number of hydrogen-bond donors (Lipinski definition) is 0. The number of para-hydroxylation sites is 2. The standard InChI is InChI=1S/C18H20N8/c1-23-15-5-3-2-4-14(15)20-18(23)12-24-8-10-25(11-9-24)17-7-6-16-21-19-13-26(16)22-17/h2-7,13H,8-12H2,1H3. The van der Waals surface area contributed by atoms with Crippen LogP contribution in [0.1, 0.15) is 5.82 Å². The molecule has 4 heterocycles. The highest BCUT2D eigenvalue weighted by Crippen LogP contribution is 2.18. The van der Waals surface area contributed by atoms with Crippen LogP contribution in [0.3, 0.4) is 0 Å². The molecule has 0 spiro atoms. The molecule has 3 aromatic heterocycles. The van der Waals surface area contributed by atoms with Gasteiger partial charge in [0, 0.05) is 33.2 Å². The first-order valence-electron chi connectivity index (χ1n) is 8.83. The summed E-state index contributed by atoms with van der Waals surface area (Å²) < 4.78 is 3.92. The molecule has 1 fully saturated rings. The van der Waals surface area contributed by atoms with Crippen molar-refractivity contribution in [1.29, 1.82) is 0 Å². The minimum Gasteiger partial charge on any atom is -0.353 e. The Bertz CT molecular complexity index is 1060. The Morgan fingerprint density at radius 1 is 1.00 bits per heavy atom. The van der Waals surface area contributed by atoms with E-state index in [0.717, 1.165) is 55.5 Å². The molecule has 1 aliphatic rings.